The minimum Gasteiger partial charge on any atom is -0.478 e. The third kappa shape index (κ3) is 3.60. The Balaban J connectivity index is 2.09. The van der Waals surface area contributed by atoms with Gasteiger partial charge in [-0.25, -0.2) is 4.79 Å². The number of aromatic carboxylic acids is 1. The van der Waals surface area contributed by atoms with Crippen molar-refractivity contribution in [3.8, 4) is 0 Å². The molecule has 0 spiro atoms. The molecule has 0 radical (unpaired) electrons. The second kappa shape index (κ2) is 5.96. The van der Waals surface area contributed by atoms with Gasteiger partial charge >= 0.3 is 5.97 Å². The monoisotopic (exact) mass is 308 g/mol. The third-order valence-electron chi connectivity index (χ3n) is 2.82. The first kappa shape index (κ1) is 15.0. The van der Waals surface area contributed by atoms with E-state index in [0.717, 1.165) is 17.3 Å². The standard InChI is InChI=1S/C13H12N2O5S/c1-6-2-3-7(12(18)19)8(4-6)14-10(16)5-9-11(17)15-13(20)21-9/h2-4,9H,5H2,1H3,(H,14,16)(H,18,19)(H,15,17,20). The van der Waals surface area contributed by atoms with Crippen LogP contribution < -0.4 is 10.6 Å². The van der Waals surface area contributed by atoms with E-state index in [0.29, 0.717) is 0 Å². The Morgan fingerprint density at radius 3 is 2.67 bits per heavy atom. The number of carboxylic acids is 1. The number of nitrogens with one attached hydrogen (secondary N) is 2. The summed E-state index contributed by atoms with van der Waals surface area (Å²) in [6.07, 6.45) is -0.199. The predicted octanol–water partition coefficient (Wildman–Crippen LogP) is 1.37. The molecule has 1 heterocycles. The molecule has 1 aliphatic heterocycles. The highest BCUT2D eigenvalue weighted by molar-refractivity contribution is 8.15. The van der Waals surface area contributed by atoms with Gasteiger partial charge in [-0.3, -0.25) is 19.7 Å². The predicted molar refractivity (Wildman–Crippen MR) is 76.3 cm³/mol. The van der Waals surface area contributed by atoms with Crippen LogP contribution in [0.3, 0.4) is 0 Å². The molecule has 7 nitrogen and oxygen atoms in total. The summed E-state index contributed by atoms with van der Waals surface area (Å²) < 4.78 is 0. The van der Waals surface area contributed by atoms with Gasteiger partial charge in [0.05, 0.1) is 11.3 Å². The summed E-state index contributed by atoms with van der Waals surface area (Å²) in [4.78, 5) is 45.4. The largest absolute Gasteiger partial charge is 0.478 e. The maximum Gasteiger partial charge on any atom is 0.337 e. The molecule has 1 aromatic rings. The van der Waals surface area contributed by atoms with Crippen molar-refractivity contribution in [1.82, 2.24) is 5.32 Å². The van der Waals surface area contributed by atoms with E-state index in [2.05, 4.69) is 10.6 Å². The zero-order valence-electron chi connectivity index (χ0n) is 11.0. The van der Waals surface area contributed by atoms with Gasteiger partial charge in [-0.1, -0.05) is 17.8 Å². The molecule has 0 bridgehead atoms. The van der Waals surface area contributed by atoms with Crippen molar-refractivity contribution in [2.24, 2.45) is 0 Å². The Labute approximate surface area is 124 Å². The van der Waals surface area contributed by atoms with Crippen LogP contribution in [-0.4, -0.2) is 33.4 Å². The Morgan fingerprint density at radius 2 is 2.10 bits per heavy atom. The van der Waals surface area contributed by atoms with E-state index in [1.165, 1.54) is 12.1 Å². The molecule has 2 rings (SSSR count). The van der Waals surface area contributed by atoms with Gasteiger partial charge in [0.15, 0.2) is 0 Å². The zero-order valence-corrected chi connectivity index (χ0v) is 11.8. The van der Waals surface area contributed by atoms with Crippen LogP contribution in [0.2, 0.25) is 0 Å². The van der Waals surface area contributed by atoms with Gasteiger partial charge in [-0.15, -0.1) is 0 Å². The van der Waals surface area contributed by atoms with Gasteiger partial charge in [0.25, 0.3) is 5.24 Å². The number of imide groups is 1. The fourth-order valence-corrected chi connectivity index (χ4v) is 2.66. The Kier molecular flexibility index (Phi) is 4.27. The number of benzene rings is 1. The number of carboxylic acid groups (broad SMARTS) is 1. The van der Waals surface area contributed by atoms with E-state index in [-0.39, 0.29) is 17.7 Å². The summed E-state index contributed by atoms with van der Waals surface area (Å²) in [6, 6.07) is 4.56. The fourth-order valence-electron chi connectivity index (χ4n) is 1.85. The number of hydrogen-bond donors (Lipinski definition) is 3. The van der Waals surface area contributed by atoms with E-state index in [4.69, 9.17) is 5.11 Å². The number of thioether (sulfide) groups is 1. The molecule has 3 amide bonds. The number of anilines is 1. The molecule has 0 aromatic heterocycles. The SMILES string of the molecule is Cc1ccc(C(=O)O)c(NC(=O)CC2SC(=O)NC2=O)c1. The first-order chi connectivity index (χ1) is 9.86. The molecular weight excluding hydrogens is 296 g/mol. The number of hydrogen-bond acceptors (Lipinski definition) is 5. The van der Waals surface area contributed by atoms with E-state index < -0.39 is 28.3 Å². The van der Waals surface area contributed by atoms with Crippen LogP contribution in [0, 0.1) is 6.92 Å². The Hall–Kier alpha value is -2.35. The summed E-state index contributed by atoms with van der Waals surface area (Å²) in [5.41, 5.74) is 0.925. The molecule has 1 atom stereocenters. The first-order valence-corrected chi connectivity index (χ1v) is 6.90. The quantitative estimate of drug-likeness (QED) is 0.774. The van der Waals surface area contributed by atoms with Crippen LogP contribution in [0.25, 0.3) is 0 Å². The minimum atomic E-state index is -1.16. The number of amides is 3. The van der Waals surface area contributed by atoms with Crippen molar-refractivity contribution in [1.29, 1.82) is 0 Å². The molecular formula is C13H12N2O5S. The summed E-state index contributed by atoms with van der Waals surface area (Å²) in [5, 5.41) is 12.4. The van der Waals surface area contributed by atoms with Gasteiger partial charge in [0.2, 0.25) is 11.8 Å². The van der Waals surface area contributed by atoms with Crippen molar-refractivity contribution in [3.63, 3.8) is 0 Å². The fraction of sp³-hybridized carbons (Fsp3) is 0.231. The number of rotatable bonds is 4. The van der Waals surface area contributed by atoms with Gasteiger partial charge in [-0.2, -0.15) is 0 Å². The Morgan fingerprint density at radius 1 is 1.38 bits per heavy atom. The van der Waals surface area contributed by atoms with Crippen LogP contribution in [-0.2, 0) is 9.59 Å². The molecule has 1 aromatic carbocycles. The third-order valence-corrected chi connectivity index (χ3v) is 3.80. The van der Waals surface area contributed by atoms with Crippen LogP contribution in [0.4, 0.5) is 10.5 Å². The number of carbonyl (C=O) groups excluding carboxylic acids is 3. The Bertz CT molecular complexity index is 643. The van der Waals surface area contributed by atoms with Gasteiger partial charge in [0, 0.05) is 6.42 Å². The summed E-state index contributed by atoms with van der Waals surface area (Å²) in [5.74, 6) is -2.19. The number of carbonyl (C=O) groups is 4. The average molecular weight is 308 g/mol. The lowest BCUT2D eigenvalue weighted by atomic mass is 10.1. The normalized spacial score (nSPS) is 17.5. The van der Waals surface area contributed by atoms with E-state index in [9.17, 15) is 19.2 Å². The summed E-state index contributed by atoms with van der Waals surface area (Å²) in [7, 11) is 0. The van der Waals surface area contributed by atoms with Crippen LogP contribution >= 0.6 is 11.8 Å². The highest BCUT2D eigenvalue weighted by Crippen LogP contribution is 2.23. The minimum absolute atomic E-state index is 0.0337. The maximum absolute atomic E-state index is 11.9. The van der Waals surface area contributed by atoms with E-state index >= 15 is 0 Å². The summed E-state index contributed by atoms with van der Waals surface area (Å²) >= 11 is 0.749. The van der Waals surface area contributed by atoms with Crippen molar-refractivity contribution in [2.45, 2.75) is 18.6 Å². The maximum atomic E-state index is 11.9. The van der Waals surface area contributed by atoms with E-state index in [1.807, 2.05) is 0 Å². The smallest absolute Gasteiger partial charge is 0.337 e. The molecule has 1 fully saturated rings. The highest BCUT2D eigenvalue weighted by Gasteiger charge is 2.33. The first-order valence-electron chi connectivity index (χ1n) is 6.02. The van der Waals surface area contributed by atoms with Crippen molar-refractivity contribution in [3.05, 3.63) is 29.3 Å². The highest BCUT2D eigenvalue weighted by atomic mass is 32.2. The van der Waals surface area contributed by atoms with Crippen LogP contribution in [0.5, 0.6) is 0 Å². The van der Waals surface area contributed by atoms with Gasteiger partial charge < -0.3 is 10.4 Å². The topological polar surface area (TPSA) is 113 Å². The molecule has 1 aliphatic rings. The average Bonchev–Trinajstić information content (AvgIpc) is 2.67. The van der Waals surface area contributed by atoms with Crippen LogP contribution in [0.1, 0.15) is 22.3 Å². The molecule has 110 valence electrons. The van der Waals surface area contributed by atoms with E-state index in [1.54, 1.807) is 13.0 Å². The van der Waals surface area contributed by atoms with Crippen molar-refractivity contribution < 1.29 is 24.3 Å². The number of aryl methyl sites for hydroxylation is 1. The summed E-state index contributed by atoms with van der Waals surface area (Å²) in [6.45, 7) is 1.76. The van der Waals surface area contributed by atoms with Gasteiger partial charge in [-0.05, 0) is 24.6 Å². The second-order valence-corrected chi connectivity index (χ2v) is 5.67. The lowest BCUT2D eigenvalue weighted by molar-refractivity contribution is -0.122. The molecule has 21 heavy (non-hydrogen) atoms. The van der Waals surface area contributed by atoms with Crippen LogP contribution in [0.15, 0.2) is 18.2 Å². The molecule has 3 N–H and O–H groups in total. The second-order valence-electron chi connectivity index (χ2n) is 4.49. The zero-order chi connectivity index (χ0) is 15.6. The molecule has 1 saturated heterocycles. The molecule has 8 heteroatoms. The molecule has 0 saturated carbocycles. The molecule has 1 unspecified atom stereocenters. The van der Waals surface area contributed by atoms with Gasteiger partial charge in [0.1, 0.15) is 5.25 Å². The molecule has 0 aliphatic carbocycles. The lowest BCUT2D eigenvalue weighted by Gasteiger charge is -2.10. The lowest BCUT2D eigenvalue weighted by Crippen LogP contribution is -2.28. The van der Waals surface area contributed by atoms with Crippen molar-refractivity contribution >= 4 is 40.5 Å². The van der Waals surface area contributed by atoms with Crippen molar-refractivity contribution in [2.75, 3.05) is 5.32 Å².